The summed E-state index contributed by atoms with van der Waals surface area (Å²) in [5.74, 6) is 0.160. The molecule has 1 amide bonds. The van der Waals surface area contributed by atoms with Gasteiger partial charge in [-0.25, -0.2) is 9.78 Å². The first-order valence-corrected chi connectivity index (χ1v) is 9.10. The third-order valence-corrected chi connectivity index (χ3v) is 4.03. The molecule has 0 radical (unpaired) electrons. The van der Waals surface area contributed by atoms with Crippen LogP contribution in [0.2, 0.25) is 5.15 Å². The minimum atomic E-state index is -0.990. The Morgan fingerprint density at radius 3 is 2.48 bits per heavy atom. The van der Waals surface area contributed by atoms with Crippen LogP contribution in [0.5, 0.6) is 5.75 Å². The molecular formula is C20H23ClN2O4. The molecule has 1 N–H and O–H groups in total. The number of aromatic nitrogens is 1. The van der Waals surface area contributed by atoms with Crippen molar-refractivity contribution in [2.45, 2.75) is 33.3 Å². The fourth-order valence-electron chi connectivity index (χ4n) is 2.10. The zero-order valence-electron chi connectivity index (χ0n) is 15.6. The van der Waals surface area contributed by atoms with Crippen LogP contribution in [-0.2, 0) is 9.53 Å². The van der Waals surface area contributed by atoms with Crippen molar-refractivity contribution in [1.29, 1.82) is 0 Å². The van der Waals surface area contributed by atoms with Gasteiger partial charge in [-0.2, -0.15) is 0 Å². The number of pyridine rings is 1. The predicted molar refractivity (Wildman–Crippen MR) is 104 cm³/mol. The Balaban J connectivity index is 1.88. The van der Waals surface area contributed by atoms with Crippen LogP contribution in [0.15, 0.2) is 42.6 Å². The number of rotatable bonds is 8. The number of ether oxygens (including phenoxy) is 2. The fraction of sp³-hybridized carbons (Fsp3) is 0.350. The van der Waals surface area contributed by atoms with Crippen molar-refractivity contribution in [3.63, 3.8) is 0 Å². The first-order chi connectivity index (χ1) is 12.9. The van der Waals surface area contributed by atoms with Gasteiger partial charge in [0, 0.05) is 6.20 Å². The van der Waals surface area contributed by atoms with E-state index in [0.717, 1.165) is 6.42 Å². The van der Waals surface area contributed by atoms with E-state index in [4.69, 9.17) is 21.1 Å². The zero-order valence-corrected chi connectivity index (χ0v) is 16.3. The molecule has 0 spiro atoms. The molecule has 27 heavy (non-hydrogen) atoms. The standard InChI is InChI=1S/C20H23ClN2O4/c1-13(2)10-12-26-16-8-6-15(7-9-16)20(25)27-14(3)19(24)23-17-5-4-11-22-18(17)21/h4-9,11,13-14H,10,12H2,1-3H3,(H,23,24). The summed E-state index contributed by atoms with van der Waals surface area (Å²) in [5, 5.41) is 2.74. The number of benzene rings is 1. The average molecular weight is 391 g/mol. The second kappa shape index (κ2) is 9.92. The summed E-state index contributed by atoms with van der Waals surface area (Å²) in [6.07, 6.45) is 1.48. The number of nitrogens with one attached hydrogen (secondary N) is 1. The molecule has 1 aromatic heterocycles. The Bertz CT molecular complexity index is 778. The van der Waals surface area contributed by atoms with Crippen LogP contribution in [0, 0.1) is 5.92 Å². The van der Waals surface area contributed by atoms with Gasteiger partial charge in [0.1, 0.15) is 5.75 Å². The maximum absolute atomic E-state index is 12.2. The molecule has 1 aromatic carbocycles. The number of nitrogens with zero attached hydrogens (tertiary/aromatic N) is 1. The highest BCUT2D eigenvalue weighted by Crippen LogP contribution is 2.18. The Morgan fingerprint density at radius 1 is 1.15 bits per heavy atom. The highest BCUT2D eigenvalue weighted by atomic mass is 35.5. The smallest absolute Gasteiger partial charge is 0.338 e. The minimum Gasteiger partial charge on any atom is -0.494 e. The minimum absolute atomic E-state index is 0.164. The summed E-state index contributed by atoms with van der Waals surface area (Å²) in [4.78, 5) is 28.2. The molecule has 0 bridgehead atoms. The van der Waals surface area contributed by atoms with Crippen LogP contribution in [-0.4, -0.2) is 29.6 Å². The lowest BCUT2D eigenvalue weighted by molar-refractivity contribution is -0.123. The summed E-state index contributed by atoms with van der Waals surface area (Å²) >= 11 is 5.90. The lowest BCUT2D eigenvalue weighted by Gasteiger charge is -2.14. The number of carbonyl (C=O) groups is 2. The Labute approximate surface area is 163 Å². The monoisotopic (exact) mass is 390 g/mol. The summed E-state index contributed by atoms with van der Waals surface area (Å²) in [6.45, 7) is 6.36. The maximum atomic E-state index is 12.2. The lowest BCUT2D eigenvalue weighted by Crippen LogP contribution is -2.30. The van der Waals surface area contributed by atoms with E-state index in [2.05, 4.69) is 24.1 Å². The van der Waals surface area contributed by atoms with Crippen molar-refractivity contribution < 1.29 is 19.1 Å². The van der Waals surface area contributed by atoms with Gasteiger partial charge >= 0.3 is 5.97 Å². The summed E-state index contributed by atoms with van der Waals surface area (Å²) in [6, 6.07) is 9.88. The molecule has 0 aliphatic rings. The van der Waals surface area contributed by atoms with Crippen LogP contribution >= 0.6 is 11.6 Å². The van der Waals surface area contributed by atoms with Gasteiger partial charge in [-0.1, -0.05) is 25.4 Å². The second-order valence-electron chi connectivity index (χ2n) is 6.43. The highest BCUT2D eigenvalue weighted by Gasteiger charge is 2.20. The quantitative estimate of drug-likeness (QED) is 0.535. The average Bonchev–Trinajstić information content (AvgIpc) is 2.63. The van der Waals surface area contributed by atoms with Gasteiger partial charge in [0.25, 0.3) is 5.91 Å². The highest BCUT2D eigenvalue weighted by molar-refractivity contribution is 6.32. The largest absolute Gasteiger partial charge is 0.494 e. The molecule has 6 nitrogen and oxygen atoms in total. The van der Waals surface area contributed by atoms with Crippen molar-refractivity contribution in [1.82, 2.24) is 4.98 Å². The van der Waals surface area contributed by atoms with Crippen LogP contribution in [0.1, 0.15) is 37.6 Å². The van der Waals surface area contributed by atoms with E-state index >= 15 is 0 Å². The number of carbonyl (C=O) groups excluding carboxylic acids is 2. The summed E-state index contributed by atoms with van der Waals surface area (Å²) < 4.78 is 10.8. The Hall–Kier alpha value is -2.60. The molecule has 1 unspecified atom stereocenters. The maximum Gasteiger partial charge on any atom is 0.338 e. The molecule has 7 heteroatoms. The molecule has 2 aromatic rings. The molecule has 0 fully saturated rings. The van der Waals surface area contributed by atoms with Crippen LogP contribution in [0.4, 0.5) is 5.69 Å². The van der Waals surface area contributed by atoms with E-state index in [1.807, 2.05) is 0 Å². The number of anilines is 1. The van der Waals surface area contributed by atoms with Gasteiger partial charge in [0.2, 0.25) is 0 Å². The first kappa shape index (κ1) is 20.7. The van der Waals surface area contributed by atoms with E-state index in [9.17, 15) is 9.59 Å². The number of halogens is 1. The van der Waals surface area contributed by atoms with Crippen LogP contribution in [0.3, 0.4) is 0 Å². The molecule has 2 rings (SSSR count). The van der Waals surface area contributed by atoms with Gasteiger partial charge in [-0.3, -0.25) is 4.79 Å². The van der Waals surface area contributed by atoms with Crippen molar-refractivity contribution in [2.75, 3.05) is 11.9 Å². The number of esters is 1. The second-order valence-corrected chi connectivity index (χ2v) is 6.79. The SMILES string of the molecule is CC(C)CCOc1ccc(C(=O)OC(C)C(=O)Nc2cccnc2Cl)cc1. The summed E-state index contributed by atoms with van der Waals surface area (Å²) in [5.41, 5.74) is 0.695. The van der Waals surface area contributed by atoms with Gasteiger partial charge in [0.05, 0.1) is 17.9 Å². The van der Waals surface area contributed by atoms with Crippen LogP contribution < -0.4 is 10.1 Å². The molecule has 1 heterocycles. The van der Waals surface area contributed by atoms with E-state index < -0.39 is 18.0 Å². The number of hydrogen-bond donors (Lipinski definition) is 1. The van der Waals surface area contributed by atoms with E-state index in [-0.39, 0.29) is 5.15 Å². The lowest BCUT2D eigenvalue weighted by atomic mass is 10.1. The van der Waals surface area contributed by atoms with Gasteiger partial charge < -0.3 is 14.8 Å². The van der Waals surface area contributed by atoms with Crippen LogP contribution in [0.25, 0.3) is 0 Å². The third-order valence-electron chi connectivity index (χ3n) is 3.72. The van der Waals surface area contributed by atoms with Gasteiger partial charge in [-0.05, 0) is 55.7 Å². The van der Waals surface area contributed by atoms with E-state index in [1.54, 1.807) is 36.4 Å². The first-order valence-electron chi connectivity index (χ1n) is 8.72. The Kier molecular flexibility index (Phi) is 7.61. The molecule has 1 atom stereocenters. The molecule has 0 aliphatic carbocycles. The fourth-order valence-corrected chi connectivity index (χ4v) is 2.26. The normalized spacial score (nSPS) is 11.7. The number of amides is 1. The van der Waals surface area contributed by atoms with Crippen molar-refractivity contribution in [3.8, 4) is 5.75 Å². The summed E-state index contributed by atoms with van der Waals surface area (Å²) in [7, 11) is 0. The van der Waals surface area contributed by atoms with E-state index in [1.165, 1.54) is 13.1 Å². The van der Waals surface area contributed by atoms with Crippen molar-refractivity contribution >= 4 is 29.2 Å². The molecule has 0 saturated heterocycles. The molecular weight excluding hydrogens is 368 g/mol. The zero-order chi connectivity index (χ0) is 19.8. The van der Waals surface area contributed by atoms with Crippen molar-refractivity contribution in [3.05, 3.63) is 53.3 Å². The predicted octanol–water partition coefficient (Wildman–Crippen LogP) is 4.34. The molecule has 144 valence electrons. The van der Waals surface area contributed by atoms with Gasteiger partial charge in [0.15, 0.2) is 11.3 Å². The topological polar surface area (TPSA) is 77.5 Å². The van der Waals surface area contributed by atoms with E-state index in [0.29, 0.717) is 29.5 Å². The third kappa shape index (κ3) is 6.57. The Morgan fingerprint density at radius 2 is 1.85 bits per heavy atom. The molecule has 0 aliphatic heterocycles. The van der Waals surface area contributed by atoms with Gasteiger partial charge in [-0.15, -0.1) is 0 Å². The van der Waals surface area contributed by atoms with Crippen molar-refractivity contribution in [2.24, 2.45) is 5.92 Å². The number of hydrogen-bond acceptors (Lipinski definition) is 5. The molecule has 0 saturated carbocycles.